The van der Waals surface area contributed by atoms with E-state index >= 15 is 0 Å². The Hall–Kier alpha value is -3.21. The van der Waals surface area contributed by atoms with Crippen LogP contribution >= 0.6 is 0 Å². The first-order valence-corrected chi connectivity index (χ1v) is 9.67. The van der Waals surface area contributed by atoms with E-state index in [1.807, 2.05) is 18.2 Å². The number of aliphatic imine (C=N–C) groups is 1. The molecule has 2 heterocycles. The Bertz CT molecular complexity index is 946. The highest BCUT2D eigenvalue weighted by molar-refractivity contribution is 5.81. The predicted octanol–water partition coefficient (Wildman–Crippen LogP) is 4.24. The molecule has 5 heteroatoms. The summed E-state index contributed by atoms with van der Waals surface area (Å²) in [6.07, 6.45) is 4.41. The van der Waals surface area contributed by atoms with Crippen LogP contribution in [-0.4, -0.2) is 26.1 Å². The zero-order valence-electron chi connectivity index (χ0n) is 16.4. The van der Waals surface area contributed by atoms with Gasteiger partial charge in [0.05, 0.1) is 6.04 Å². The molecule has 1 aromatic heterocycles. The summed E-state index contributed by atoms with van der Waals surface area (Å²) in [6, 6.07) is 18.8. The van der Waals surface area contributed by atoms with Gasteiger partial charge in [-0.2, -0.15) is 0 Å². The van der Waals surface area contributed by atoms with Crippen LogP contribution in [0.5, 0.6) is 0 Å². The van der Waals surface area contributed by atoms with Crippen LogP contribution < -0.4 is 15.5 Å². The molecule has 28 heavy (non-hydrogen) atoms. The van der Waals surface area contributed by atoms with Crippen LogP contribution in [0.1, 0.15) is 24.3 Å². The van der Waals surface area contributed by atoms with Gasteiger partial charge in [-0.25, -0.2) is 0 Å². The standard InChI is InChI=1S/C23H26N4O/c1-17(22-15-19-7-3-4-8-21(19)28-22)26-23(24-2)25-16-18-9-11-20(12-10-18)27-13-5-6-14-27/h3-12,15,17H,13-14,16H2,1-2H3,(H2,24,25,26). The van der Waals surface area contributed by atoms with Gasteiger partial charge in [-0.1, -0.05) is 42.5 Å². The molecule has 0 saturated carbocycles. The van der Waals surface area contributed by atoms with E-state index in [2.05, 4.69) is 76.0 Å². The van der Waals surface area contributed by atoms with Crippen LogP contribution in [-0.2, 0) is 6.54 Å². The number of anilines is 1. The lowest BCUT2D eigenvalue weighted by Crippen LogP contribution is -2.38. The molecular formula is C23H26N4O. The first kappa shape index (κ1) is 18.2. The molecule has 1 atom stereocenters. The van der Waals surface area contributed by atoms with E-state index in [-0.39, 0.29) is 6.04 Å². The van der Waals surface area contributed by atoms with E-state index in [4.69, 9.17) is 4.42 Å². The summed E-state index contributed by atoms with van der Waals surface area (Å²) >= 11 is 0. The summed E-state index contributed by atoms with van der Waals surface area (Å²) in [5.41, 5.74) is 3.38. The second-order valence-electron chi connectivity index (χ2n) is 7.02. The van der Waals surface area contributed by atoms with E-state index in [1.165, 1.54) is 11.3 Å². The van der Waals surface area contributed by atoms with Crippen molar-refractivity contribution in [2.75, 3.05) is 25.0 Å². The number of para-hydroxylation sites is 1. The highest BCUT2D eigenvalue weighted by Crippen LogP contribution is 2.23. The third kappa shape index (κ3) is 4.03. The molecule has 0 radical (unpaired) electrons. The van der Waals surface area contributed by atoms with Gasteiger partial charge in [-0.15, -0.1) is 0 Å². The molecule has 1 unspecified atom stereocenters. The van der Waals surface area contributed by atoms with Crippen LogP contribution in [0.2, 0.25) is 0 Å². The third-order valence-corrected chi connectivity index (χ3v) is 5.03. The smallest absolute Gasteiger partial charge is 0.191 e. The lowest BCUT2D eigenvalue weighted by molar-refractivity contribution is 0.488. The minimum absolute atomic E-state index is 0.0173. The predicted molar refractivity (Wildman–Crippen MR) is 116 cm³/mol. The first-order valence-electron chi connectivity index (χ1n) is 9.67. The number of hydrogen-bond acceptors (Lipinski definition) is 3. The quantitative estimate of drug-likeness (QED) is 0.399. The average Bonchev–Trinajstić information content (AvgIpc) is 3.41. The topological polar surface area (TPSA) is 52.8 Å². The maximum absolute atomic E-state index is 5.94. The van der Waals surface area contributed by atoms with Gasteiger partial charge in [-0.05, 0) is 36.8 Å². The molecule has 4 rings (SSSR count). The molecule has 2 N–H and O–H groups in total. The second kappa shape index (κ2) is 8.21. The fourth-order valence-electron chi connectivity index (χ4n) is 3.39. The molecule has 0 spiro atoms. The third-order valence-electron chi connectivity index (χ3n) is 5.03. The van der Waals surface area contributed by atoms with Gasteiger partial charge in [0.15, 0.2) is 5.96 Å². The molecule has 0 fully saturated rings. The molecule has 3 aromatic rings. The van der Waals surface area contributed by atoms with E-state index < -0.39 is 0 Å². The summed E-state index contributed by atoms with van der Waals surface area (Å²) in [6.45, 7) is 4.77. The Labute approximate surface area is 165 Å². The van der Waals surface area contributed by atoms with Gasteiger partial charge < -0.3 is 20.0 Å². The summed E-state index contributed by atoms with van der Waals surface area (Å²) in [4.78, 5) is 6.68. The highest BCUT2D eigenvalue weighted by atomic mass is 16.3. The van der Waals surface area contributed by atoms with E-state index in [9.17, 15) is 0 Å². The van der Waals surface area contributed by atoms with Crippen molar-refractivity contribution < 1.29 is 4.42 Å². The van der Waals surface area contributed by atoms with Crippen molar-refractivity contribution in [1.29, 1.82) is 0 Å². The number of fused-ring (bicyclic) bond motifs is 1. The maximum atomic E-state index is 5.94. The Balaban J connectivity index is 1.34. The lowest BCUT2D eigenvalue weighted by atomic mass is 10.2. The summed E-state index contributed by atoms with van der Waals surface area (Å²) in [7, 11) is 1.78. The molecule has 0 amide bonds. The fourth-order valence-corrected chi connectivity index (χ4v) is 3.39. The van der Waals surface area contributed by atoms with Gasteiger partial charge in [0, 0.05) is 37.8 Å². The van der Waals surface area contributed by atoms with Crippen LogP contribution in [0.4, 0.5) is 5.69 Å². The molecule has 1 aliphatic heterocycles. The minimum Gasteiger partial charge on any atom is -0.459 e. The number of furan rings is 1. The van der Waals surface area contributed by atoms with Crippen molar-refractivity contribution in [3.63, 3.8) is 0 Å². The number of benzene rings is 2. The Kier molecular flexibility index (Phi) is 5.33. The monoisotopic (exact) mass is 374 g/mol. The Morgan fingerprint density at radius 3 is 2.57 bits per heavy atom. The molecule has 144 valence electrons. The fraction of sp³-hybridized carbons (Fsp3) is 0.261. The molecule has 2 aromatic carbocycles. The SMILES string of the molecule is CN=C(NCc1ccc(N2CC=CC2)cc1)NC(C)c1cc2ccccc2o1. The minimum atomic E-state index is 0.0173. The van der Waals surface area contributed by atoms with Crippen LogP contribution in [0, 0.1) is 0 Å². The highest BCUT2D eigenvalue weighted by Gasteiger charge is 2.13. The molecule has 0 bridgehead atoms. The van der Waals surface area contributed by atoms with Crippen molar-refractivity contribution in [3.05, 3.63) is 78.1 Å². The van der Waals surface area contributed by atoms with Crippen molar-refractivity contribution in [2.45, 2.75) is 19.5 Å². The molecule has 0 aliphatic carbocycles. The maximum Gasteiger partial charge on any atom is 0.191 e. The average molecular weight is 374 g/mol. The van der Waals surface area contributed by atoms with E-state index in [0.717, 1.165) is 35.8 Å². The van der Waals surface area contributed by atoms with Gasteiger partial charge in [0.2, 0.25) is 0 Å². The van der Waals surface area contributed by atoms with Crippen LogP contribution in [0.25, 0.3) is 11.0 Å². The zero-order chi connectivity index (χ0) is 19.3. The molecule has 5 nitrogen and oxygen atoms in total. The van der Waals surface area contributed by atoms with Gasteiger partial charge >= 0.3 is 0 Å². The zero-order valence-corrected chi connectivity index (χ0v) is 16.4. The second-order valence-corrected chi connectivity index (χ2v) is 7.02. The first-order chi connectivity index (χ1) is 13.7. The summed E-state index contributed by atoms with van der Waals surface area (Å²) < 4.78 is 5.94. The molecule has 1 aliphatic rings. The molecule has 0 saturated heterocycles. The Morgan fingerprint density at radius 1 is 1.11 bits per heavy atom. The van der Waals surface area contributed by atoms with Crippen molar-refractivity contribution in [1.82, 2.24) is 10.6 Å². The van der Waals surface area contributed by atoms with E-state index in [0.29, 0.717) is 6.54 Å². The van der Waals surface area contributed by atoms with Crippen LogP contribution in [0.3, 0.4) is 0 Å². The van der Waals surface area contributed by atoms with E-state index in [1.54, 1.807) is 7.05 Å². The van der Waals surface area contributed by atoms with Gasteiger partial charge in [0.1, 0.15) is 11.3 Å². The number of nitrogens with zero attached hydrogens (tertiary/aromatic N) is 2. The van der Waals surface area contributed by atoms with Gasteiger partial charge in [-0.3, -0.25) is 4.99 Å². The van der Waals surface area contributed by atoms with Crippen molar-refractivity contribution in [3.8, 4) is 0 Å². The summed E-state index contributed by atoms with van der Waals surface area (Å²) in [5, 5.41) is 7.89. The summed E-state index contributed by atoms with van der Waals surface area (Å²) in [5.74, 6) is 1.65. The number of guanidine groups is 1. The van der Waals surface area contributed by atoms with Crippen molar-refractivity contribution in [2.24, 2.45) is 4.99 Å². The number of nitrogens with one attached hydrogen (secondary N) is 2. The Morgan fingerprint density at radius 2 is 1.86 bits per heavy atom. The van der Waals surface area contributed by atoms with Gasteiger partial charge in [0.25, 0.3) is 0 Å². The number of rotatable bonds is 5. The largest absolute Gasteiger partial charge is 0.459 e. The van der Waals surface area contributed by atoms with Crippen LogP contribution in [0.15, 0.2) is 76.2 Å². The molecular weight excluding hydrogens is 348 g/mol. The normalized spacial score (nSPS) is 15.2. The lowest BCUT2D eigenvalue weighted by Gasteiger charge is -2.19. The number of hydrogen-bond donors (Lipinski definition) is 2. The van der Waals surface area contributed by atoms with Crippen molar-refractivity contribution >= 4 is 22.6 Å².